The summed E-state index contributed by atoms with van der Waals surface area (Å²) in [5.41, 5.74) is 2.40. The fraction of sp³-hybridized carbons (Fsp3) is 0.111. The zero-order valence-corrected chi connectivity index (χ0v) is 20.4. The molecule has 0 saturated carbocycles. The molecule has 0 aliphatic heterocycles. The van der Waals surface area contributed by atoms with Crippen LogP contribution in [0, 0.1) is 12.1 Å². The summed E-state index contributed by atoms with van der Waals surface area (Å²) in [6, 6.07) is 36.5. The standard InChI is InChI=1S/C27H22O4.Y/c1-3-7-24(8-4-1)28-20-30-26-15-11-22(12-16-26)19-23-13-17-27(18-14-23)31-21-29-25-9-5-2-6-10-25;/h3-18H,19-21H2;/q-2;. The van der Waals surface area contributed by atoms with Crippen molar-refractivity contribution < 1.29 is 51.7 Å². The molecule has 32 heavy (non-hydrogen) atoms. The first-order chi connectivity index (χ1) is 15.3. The van der Waals surface area contributed by atoms with Gasteiger partial charge in [-0.2, -0.15) is 36.4 Å². The first kappa shape index (κ1) is 23.8. The second-order valence-corrected chi connectivity index (χ2v) is 6.75. The topological polar surface area (TPSA) is 36.9 Å². The third kappa shape index (κ3) is 7.70. The molecule has 0 atom stereocenters. The summed E-state index contributed by atoms with van der Waals surface area (Å²) in [6.07, 6.45) is 0.828. The Bertz CT molecular complexity index is 950. The van der Waals surface area contributed by atoms with Gasteiger partial charge in [-0.05, 0) is 41.8 Å². The van der Waals surface area contributed by atoms with Crippen LogP contribution in [0.2, 0.25) is 0 Å². The van der Waals surface area contributed by atoms with E-state index in [0.717, 1.165) is 29.4 Å². The van der Waals surface area contributed by atoms with Crippen molar-refractivity contribution in [1.82, 2.24) is 0 Å². The summed E-state index contributed by atoms with van der Waals surface area (Å²) in [5.74, 6) is 3.05. The molecule has 0 aromatic heterocycles. The maximum atomic E-state index is 5.64. The van der Waals surface area contributed by atoms with Crippen molar-refractivity contribution in [2.75, 3.05) is 13.6 Å². The Morgan fingerprint density at radius 2 is 0.750 bits per heavy atom. The Kier molecular flexibility index (Phi) is 9.61. The van der Waals surface area contributed by atoms with E-state index < -0.39 is 0 Å². The minimum Gasteiger partial charge on any atom is -0.483 e. The van der Waals surface area contributed by atoms with Gasteiger partial charge in [0.15, 0.2) is 0 Å². The van der Waals surface area contributed by atoms with Gasteiger partial charge in [0, 0.05) is 44.2 Å². The molecule has 0 N–H and O–H groups in total. The third-order valence-corrected chi connectivity index (χ3v) is 4.53. The van der Waals surface area contributed by atoms with Gasteiger partial charge >= 0.3 is 0 Å². The molecule has 5 heteroatoms. The smallest absolute Gasteiger partial charge is 0.227 e. The van der Waals surface area contributed by atoms with Crippen LogP contribution in [0.15, 0.2) is 97.1 Å². The molecule has 0 bridgehead atoms. The zero-order chi connectivity index (χ0) is 21.1. The van der Waals surface area contributed by atoms with E-state index in [9.17, 15) is 0 Å². The zero-order valence-electron chi connectivity index (χ0n) is 17.6. The number of hydrogen-bond acceptors (Lipinski definition) is 4. The van der Waals surface area contributed by atoms with Crippen molar-refractivity contribution in [1.29, 1.82) is 0 Å². The van der Waals surface area contributed by atoms with Gasteiger partial charge in [-0.25, -0.2) is 0 Å². The number of benzene rings is 4. The number of ether oxygens (including phenoxy) is 4. The summed E-state index contributed by atoms with van der Waals surface area (Å²) in [6.45, 7) is 0.328. The second-order valence-electron chi connectivity index (χ2n) is 6.75. The molecule has 0 unspecified atom stereocenters. The van der Waals surface area contributed by atoms with Crippen molar-refractivity contribution in [2.24, 2.45) is 0 Å². The normalized spacial score (nSPS) is 10.0. The van der Waals surface area contributed by atoms with E-state index in [1.54, 1.807) is 24.3 Å². The largest absolute Gasteiger partial charge is 0.483 e. The van der Waals surface area contributed by atoms with Crippen LogP contribution in [0.1, 0.15) is 11.1 Å². The Balaban J connectivity index is 0.00000289. The van der Waals surface area contributed by atoms with Gasteiger partial charge in [-0.3, -0.25) is 0 Å². The van der Waals surface area contributed by atoms with E-state index in [-0.39, 0.29) is 46.3 Å². The van der Waals surface area contributed by atoms with Crippen LogP contribution < -0.4 is 18.9 Å². The van der Waals surface area contributed by atoms with E-state index in [2.05, 4.69) is 36.4 Å². The first-order valence-electron chi connectivity index (χ1n) is 9.96. The van der Waals surface area contributed by atoms with Gasteiger partial charge in [-0.1, -0.05) is 24.3 Å². The molecule has 4 aromatic rings. The molecule has 159 valence electrons. The molecular weight excluding hydrogens is 477 g/mol. The van der Waals surface area contributed by atoms with Gasteiger partial charge in [0.1, 0.15) is 11.5 Å². The molecule has 0 spiro atoms. The van der Waals surface area contributed by atoms with Crippen LogP contribution in [0.25, 0.3) is 0 Å². The molecule has 0 aliphatic rings. The monoisotopic (exact) mass is 499 g/mol. The molecule has 0 aliphatic carbocycles. The van der Waals surface area contributed by atoms with Crippen LogP contribution in [-0.2, 0) is 39.1 Å². The van der Waals surface area contributed by atoms with E-state index in [0.29, 0.717) is 0 Å². The van der Waals surface area contributed by atoms with E-state index in [1.807, 2.05) is 48.5 Å². The SMILES string of the molecule is [Y].[c-]1ccc(OCOc2ccc(Cc3ccc(OCOc4cc[c-]cc4)cc3)cc2)cc1. The Labute approximate surface area is 214 Å². The summed E-state index contributed by atoms with van der Waals surface area (Å²) < 4.78 is 22.3. The number of hydrogen-bond donors (Lipinski definition) is 0. The fourth-order valence-corrected chi connectivity index (χ4v) is 2.91. The predicted molar refractivity (Wildman–Crippen MR) is 118 cm³/mol. The Hall–Kier alpha value is -2.82. The average Bonchev–Trinajstić information content (AvgIpc) is 2.83. The predicted octanol–water partition coefficient (Wildman–Crippen LogP) is 5.71. The molecular formula is C27H22O4Y-2. The van der Waals surface area contributed by atoms with Crippen LogP contribution in [0.3, 0.4) is 0 Å². The Morgan fingerprint density at radius 3 is 1.09 bits per heavy atom. The van der Waals surface area contributed by atoms with Crippen molar-refractivity contribution in [3.8, 4) is 23.0 Å². The van der Waals surface area contributed by atoms with Crippen LogP contribution in [0.4, 0.5) is 0 Å². The summed E-state index contributed by atoms with van der Waals surface area (Å²) in [4.78, 5) is 0. The summed E-state index contributed by atoms with van der Waals surface area (Å²) >= 11 is 0. The van der Waals surface area contributed by atoms with Gasteiger partial charge in [0.2, 0.25) is 13.6 Å². The fourth-order valence-electron chi connectivity index (χ4n) is 2.91. The summed E-state index contributed by atoms with van der Waals surface area (Å²) in [7, 11) is 0. The molecule has 0 heterocycles. The van der Waals surface area contributed by atoms with Crippen molar-refractivity contribution in [2.45, 2.75) is 6.42 Å². The molecule has 4 rings (SSSR count). The third-order valence-electron chi connectivity index (χ3n) is 4.53. The Morgan fingerprint density at radius 1 is 0.438 bits per heavy atom. The number of rotatable bonds is 10. The maximum Gasteiger partial charge on any atom is 0.227 e. The quantitative estimate of drug-likeness (QED) is 0.207. The molecule has 1 radical (unpaired) electrons. The molecule has 4 nitrogen and oxygen atoms in total. The van der Waals surface area contributed by atoms with Crippen molar-refractivity contribution >= 4 is 0 Å². The minimum absolute atomic E-state index is 0. The molecule has 0 fully saturated rings. The van der Waals surface area contributed by atoms with Gasteiger partial charge < -0.3 is 18.9 Å². The summed E-state index contributed by atoms with van der Waals surface area (Å²) in [5, 5.41) is 0. The van der Waals surface area contributed by atoms with Crippen LogP contribution >= 0.6 is 0 Å². The molecule has 0 saturated heterocycles. The first-order valence-corrected chi connectivity index (χ1v) is 9.96. The van der Waals surface area contributed by atoms with Crippen LogP contribution in [-0.4, -0.2) is 13.6 Å². The molecule has 4 aromatic carbocycles. The van der Waals surface area contributed by atoms with Crippen LogP contribution in [0.5, 0.6) is 23.0 Å². The van der Waals surface area contributed by atoms with Gasteiger partial charge in [0.25, 0.3) is 0 Å². The second kappa shape index (κ2) is 12.9. The maximum absolute atomic E-state index is 5.64. The average molecular weight is 499 g/mol. The van der Waals surface area contributed by atoms with Gasteiger partial charge in [-0.15, -0.1) is 24.3 Å². The van der Waals surface area contributed by atoms with E-state index in [1.165, 1.54) is 11.1 Å². The van der Waals surface area contributed by atoms with E-state index in [4.69, 9.17) is 18.9 Å². The van der Waals surface area contributed by atoms with Gasteiger partial charge in [0.05, 0.1) is 0 Å². The molecule has 0 amide bonds. The minimum atomic E-state index is 0. The van der Waals surface area contributed by atoms with Crippen molar-refractivity contribution in [3.05, 3.63) is 120 Å². The van der Waals surface area contributed by atoms with E-state index >= 15 is 0 Å². The van der Waals surface area contributed by atoms with Crippen molar-refractivity contribution in [3.63, 3.8) is 0 Å².